The van der Waals surface area contributed by atoms with Crippen molar-refractivity contribution in [3.05, 3.63) is 52.5 Å². The van der Waals surface area contributed by atoms with Gasteiger partial charge in [-0.2, -0.15) is 0 Å². The Morgan fingerprint density at radius 1 is 1.30 bits per heavy atom. The molecule has 0 bridgehead atoms. The summed E-state index contributed by atoms with van der Waals surface area (Å²) in [5, 5.41) is 12.3. The summed E-state index contributed by atoms with van der Waals surface area (Å²) in [5.74, 6) is 0.0180. The summed E-state index contributed by atoms with van der Waals surface area (Å²) in [6.45, 7) is 1.78. The molecule has 2 aromatic rings. The molecule has 0 aliphatic carbocycles. The van der Waals surface area contributed by atoms with Crippen molar-refractivity contribution in [3.63, 3.8) is 0 Å². The van der Waals surface area contributed by atoms with Gasteiger partial charge in [-0.25, -0.2) is 0 Å². The van der Waals surface area contributed by atoms with E-state index in [0.717, 1.165) is 10.0 Å². The Morgan fingerprint density at radius 2 is 2.05 bits per heavy atom. The van der Waals surface area contributed by atoms with Crippen molar-refractivity contribution in [2.75, 3.05) is 11.9 Å². The van der Waals surface area contributed by atoms with Crippen LogP contribution in [0.3, 0.4) is 0 Å². The van der Waals surface area contributed by atoms with Gasteiger partial charge in [-0.1, -0.05) is 28.1 Å². The van der Waals surface area contributed by atoms with Crippen molar-refractivity contribution < 1.29 is 14.6 Å². The molecule has 0 saturated heterocycles. The molecular weight excluding hydrogens is 322 g/mol. The Balaban J connectivity index is 1.93. The third-order valence-electron chi connectivity index (χ3n) is 2.67. The number of hydrogen-bond donors (Lipinski definition) is 2. The summed E-state index contributed by atoms with van der Waals surface area (Å²) < 4.78 is 6.24. The molecule has 4 nitrogen and oxygen atoms in total. The summed E-state index contributed by atoms with van der Waals surface area (Å²) in [6.07, 6.45) is 0. The molecule has 0 radical (unpaired) electrons. The van der Waals surface area contributed by atoms with E-state index in [2.05, 4.69) is 21.2 Å². The molecule has 0 atom stereocenters. The largest absolute Gasteiger partial charge is 0.504 e. The first kappa shape index (κ1) is 14.4. The van der Waals surface area contributed by atoms with E-state index in [0.29, 0.717) is 5.69 Å². The standard InChI is InChI=1S/C15H14BrNO3/c1-10-8-11(6-7-12(10)16)17-15(19)9-20-14-5-3-2-4-13(14)18/h2-8,18H,9H2,1H3,(H,17,19). The number of anilines is 1. The van der Waals surface area contributed by atoms with E-state index < -0.39 is 0 Å². The van der Waals surface area contributed by atoms with Crippen molar-refractivity contribution in [2.45, 2.75) is 6.92 Å². The number of ether oxygens (including phenoxy) is 1. The van der Waals surface area contributed by atoms with E-state index >= 15 is 0 Å². The van der Waals surface area contributed by atoms with Crippen molar-refractivity contribution in [2.24, 2.45) is 0 Å². The number of aromatic hydroxyl groups is 1. The lowest BCUT2D eigenvalue weighted by Crippen LogP contribution is -2.20. The number of carbonyl (C=O) groups excluding carboxylic acids is 1. The molecule has 0 aliphatic rings. The first-order valence-corrected chi connectivity index (χ1v) is 6.82. The maximum absolute atomic E-state index is 11.8. The third kappa shape index (κ3) is 3.74. The Bertz CT molecular complexity index is 628. The van der Waals surface area contributed by atoms with Crippen LogP contribution < -0.4 is 10.1 Å². The van der Waals surface area contributed by atoms with Crippen LogP contribution in [0.1, 0.15) is 5.56 Å². The highest BCUT2D eigenvalue weighted by Crippen LogP contribution is 2.24. The number of aryl methyl sites for hydroxylation is 1. The second-order valence-corrected chi connectivity index (χ2v) is 5.12. The lowest BCUT2D eigenvalue weighted by molar-refractivity contribution is -0.118. The smallest absolute Gasteiger partial charge is 0.262 e. The predicted molar refractivity (Wildman–Crippen MR) is 81.1 cm³/mol. The van der Waals surface area contributed by atoms with E-state index in [1.807, 2.05) is 19.1 Å². The van der Waals surface area contributed by atoms with Gasteiger partial charge in [0.1, 0.15) is 0 Å². The Kier molecular flexibility index (Phi) is 4.63. The second kappa shape index (κ2) is 6.43. The number of amides is 1. The van der Waals surface area contributed by atoms with Crippen LogP contribution >= 0.6 is 15.9 Å². The van der Waals surface area contributed by atoms with Crippen LogP contribution in [0.4, 0.5) is 5.69 Å². The molecule has 0 fully saturated rings. The van der Waals surface area contributed by atoms with Gasteiger partial charge in [-0.05, 0) is 42.8 Å². The summed E-state index contributed by atoms with van der Waals surface area (Å²) in [5.41, 5.74) is 1.74. The number of phenolic OH excluding ortho intramolecular Hbond substituents is 1. The molecule has 0 spiro atoms. The summed E-state index contributed by atoms with van der Waals surface area (Å²) in [7, 11) is 0. The number of benzene rings is 2. The molecule has 104 valence electrons. The average molecular weight is 336 g/mol. The number of para-hydroxylation sites is 2. The lowest BCUT2D eigenvalue weighted by atomic mass is 10.2. The van der Waals surface area contributed by atoms with Crippen molar-refractivity contribution >= 4 is 27.5 Å². The number of phenols is 1. The van der Waals surface area contributed by atoms with Crippen molar-refractivity contribution in [1.29, 1.82) is 0 Å². The van der Waals surface area contributed by atoms with Gasteiger partial charge in [0.2, 0.25) is 0 Å². The molecule has 0 aromatic heterocycles. The highest BCUT2D eigenvalue weighted by molar-refractivity contribution is 9.10. The van der Waals surface area contributed by atoms with Gasteiger partial charge in [-0.15, -0.1) is 0 Å². The van der Waals surface area contributed by atoms with Crippen molar-refractivity contribution in [1.82, 2.24) is 0 Å². The lowest BCUT2D eigenvalue weighted by Gasteiger charge is -2.09. The zero-order chi connectivity index (χ0) is 14.5. The molecule has 0 unspecified atom stereocenters. The number of rotatable bonds is 4. The van der Waals surface area contributed by atoms with E-state index in [1.165, 1.54) is 6.07 Å². The summed E-state index contributed by atoms with van der Waals surface area (Å²) in [4.78, 5) is 11.8. The maximum Gasteiger partial charge on any atom is 0.262 e. The molecule has 2 aromatic carbocycles. The molecule has 5 heteroatoms. The van der Waals surface area contributed by atoms with Crippen LogP contribution in [0.15, 0.2) is 46.9 Å². The Hall–Kier alpha value is -2.01. The Labute approximate surface area is 125 Å². The normalized spacial score (nSPS) is 10.1. The molecule has 0 heterocycles. The molecule has 0 saturated carbocycles. The van der Waals surface area contributed by atoms with E-state index in [-0.39, 0.29) is 24.0 Å². The fraction of sp³-hybridized carbons (Fsp3) is 0.133. The average Bonchev–Trinajstić information content (AvgIpc) is 2.42. The highest BCUT2D eigenvalue weighted by Gasteiger charge is 2.07. The Morgan fingerprint density at radius 3 is 2.75 bits per heavy atom. The van der Waals surface area contributed by atoms with Gasteiger partial charge in [0, 0.05) is 10.2 Å². The highest BCUT2D eigenvalue weighted by atomic mass is 79.9. The summed E-state index contributed by atoms with van der Waals surface area (Å²) in [6, 6.07) is 12.1. The molecule has 1 amide bonds. The maximum atomic E-state index is 11.8. The van der Waals surface area contributed by atoms with Crippen LogP contribution in [0.2, 0.25) is 0 Å². The van der Waals surface area contributed by atoms with Crippen LogP contribution in [0, 0.1) is 6.92 Å². The van der Waals surface area contributed by atoms with E-state index in [9.17, 15) is 9.90 Å². The molecule has 2 N–H and O–H groups in total. The first-order chi connectivity index (χ1) is 9.56. The zero-order valence-corrected chi connectivity index (χ0v) is 12.5. The first-order valence-electron chi connectivity index (χ1n) is 6.03. The quantitative estimate of drug-likeness (QED) is 0.899. The zero-order valence-electron chi connectivity index (χ0n) is 10.9. The predicted octanol–water partition coefficient (Wildman–Crippen LogP) is 3.48. The number of hydrogen-bond acceptors (Lipinski definition) is 3. The van der Waals surface area contributed by atoms with Crippen LogP contribution in [-0.4, -0.2) is 17.6 Å². The van der Waals surface area contributed by atoms with Gasteiger partial charge < -0.3 is 15.2 Å². The SMILES string of the molecule is Cc1cc(NC(=O)COc2ccccc2O)ccc1Br. The third-order valence-corrected chi connectivity index (χ3v) is 3.56. The number of carbonyl (C=O) groups is 1. The van der Waals surface area contributed by atoms with Gasteiger partial charge >= 0.3 is 0 Å². The minimum Gasteiger partial charge on any atom is -0.504 e. The van der Waals surface area contributed by atoms with Gasteiger partial charge in [0.05, 0.1) is 0 Å². The summed E-state index contributed by atoms with van der Waals surface area (Å²) >= 11 is 3.40. The fourth-order valence-electron chi connectivity index (χ4n) is 1.64. The monoisotopic (exact) mass is 335 g/mol. The van der Waals surface area contributed by atoms with Crippen LogP contribution in [-0.2, 0) is 4.79 Å². The van der Waals surface area contributed by atoms with E-state index in [1.54, 1.807) is 24.3 Å². The second-order valence-electron chi connectivity index (χ2n) is 4.27. The van der Waals surface area contributed by atoms with Crippen LogP contribution in [0.5, 0.6) is 11.5 Å². The van der Waals surface area contributed by atoms with Gasteiger partial charge in [0.25, 0.3) is 5.91 Å². The van der Waals surface area contributed by atoms with Crippen LogP contribution in [0.25, 0.3) is 0 Å². The number of nitrogens with one attached hydrogen (secondary N) is 1. The minimum absolute atomic E-state index is 0.0137. The van der Waals surface area contributed by atoms with Gasteiger partial charge in [-0.3, -0.25) is 4.79 Å². The van der Waals surface area contributed by atoms with Crippen molar-refractivity contribution in [3.8, 4) is 11.5 Å². The molecule has 2 rings (SSSR count). The molecular formula is C15H14BrNO3. The molecule has 20 heavy (non-hydrogen) atoms. The fourth-order valence-corrected chi connectivity index (χ4v) is 1.89. The molecule has 0 aliphatic heterocycles. The van der Waals surface area contributed by atoms with E-state index in [4.69, 9.17) is 4.74 Å². The van der Waals surface area contributed by atoms with Gasteiger partial charge in [0.15, 0.2) is 18.1 Å². The number of halogens is 1. The topological polar surface area (TPSA) is 58.6 Å². The minimum atomic E-state index is -0.282.